The summed E-state index contributed by atoms with van der Waals surface area (Å²) in [5.41, 5.74) is 1.89. The zero-order chi connectivity index (χ0) is 15.0. The molecule has 4 rings (SSSR count). The van der Waals surface area contributed by atoms with Crippen LogP contribution in [0.1, 0.15) is 18.4 Å². The van der Waals surface area contributed by atoms with Crippen LogP contribution < -0.4 is 5.32 Å². The predicted octanol–water partition coefficient (Wildman–Crippen LogP) is 2.26. The van der Waals surface area contributed by atoms with Gasteiger partial charge in [0.1, 0.15) is 5.82 Å². The molecule has 0 atom stereocenters. The Morgan fingerprint density at radius 1 is 1.27 bits per heavy atom. The number of aromatic nitrogens is 1. The van der Waals surface area contributed by atoms with E-state index in [9.17, 15) is 4.39 Å². The summed E-state index contributed by atoms with van der Waals surface area (Å²) < 4.78 is 19.2. The van der Waals surface area contributed by atoms with Crippen molar-refractivity contribution in [3.05, 3.63) is 35.8 Å². The van der Waals surface area contributed by atoms with Crippen LogP contribution >= 0.6 is 0 Å². The number of fused-ring (bicyclic) bond motifs is 1. The number of rotatable bonds is 5. The first-order valence-electron chi connectivity index (χ1n) is 8.07. The topological polar surface area (TPSA) is 40.3 Å². The lowest BCUT2D eigenvalue weighted by Gasteiger charge is -2.48. The number of hydrogen-bond donors (Lipinski definition) is 2. The number of benzene rings is 1. The van der Waals surface area contributed by atoms with Crippen molar-refractivity contribution >= 4 is 10.9 Å². The molecule has 2 aliphatic heterocycles. The Morgan fingerprint density at radius 3 is 2.82 bits per heavy atom. The minimum absolute atomic E-state index is 0.174. The van der Waals surface area contributed by atoms with Crippen LogP contribution in [-0.2, 0) is 11.3 Å². The molecule has 2 N–H and O–H groups in total. The molecule has 22 heavy (non-hydrogen) atoms. The Balaban J connectivity index is 1.42. The van der Waals surface area contributed by atoms with E-state index in [1.54, 1.807) is 6.07 Å². The third-order valence-electron chi connectivity index (χ3n) is 5.04. The zero-order valence-electron chi connectivity index (χ0n) is 12.7. The van der Waals surface area contributed by atoms with Crippen LogP contribution in [-0.4, -0.2) is 48.3 Å². The van der Waals surface area contributed by atoms with Gasteiger partial charge in [0, 0.05) is 24.7 Å². The summed E-state index contributed by atoms with van der Waals surface area (Å²) in [5.74, 6) is -0.190. The van der Waals surface area contributed by atoms with E-state index < -0.39 is 0 Å². The minimum atomic E-state index is -0.190. The Labute approximate surface area is 129 Å². The van der Waals surface area contributed by atoms with Gasteiger partial charge in [-0.15, -0.1) is 0 Å². The Kier molecular flexibility index (Phi) is 3.64. The van der Waals surface area contributed by atoms with Crippen LogP contribution in [0, 0.1) is 5.82 Å². The molecule has 0 bridgehead atoms. The molecule has 2 aliphatic rings. The van der Waals surface area contributed by atoms with Crippen molar-refractivity contribution in [2.75, 3.05) is 32.8 Å². The van der Waals surface area contributed by atoms with Crippen LogP contribution in [0.3, 0.4) is 0 Å². The molecule has 2 fully saturated rings. The summed E-state index contributed by atoms with van der Waals surface area (Å²) in [6.45, 7) is 5.69. The fourth-order valence-corrected chi connectivity index (χ4v) is 3.68. The standard InChI is InChI=1S/C17H22FN3O/c18-15-5-3-4-14-13(9-20-16(14)15)8-19-10-17(11-22-12-17)21-6-1-2-7-21/h3-5,9,19-20H,1-2,6-8,10-12H2. The number of halogens is 1. The van der Waals surface area contributed by atoms with Crippen molar-refractivity contribution in [2.24, 2.45) is 0 Å². The molecule has 0 saturated carbocycles. The average Bonchev–Trinajstić information content (AvgIpc) is 3.12. The summed E-state index contributed by atoms with van der Waals surface area (Å²) in [5, 5.41) is 4.52. The molecule has 5 heteroatoms. The number of para-hydroxylation sites is 1. The van der Waals surface area contributed by atoms with Gasteiger partial charge in [-0.05, 0) is 37.6 Å². The molecule has 0 radical (unpaired) electrons. The van der Waals surface area contributed by atoms with Gasteiger partial charge in [0.05, 0.1) is 24.3 Å². The van der Waals surface area contributed by atoms with Crippen LogP contribution in [0.5, 0.6) is 0 Å². The number of H-pyrrole nitrogens is 1. The fraction of sp³-hybridized carbons (Fsp3) is 0.529. The molecule has 1 aromatic heterocycles. The second kappa shape index (κ2) is 5.65. The lowest BCUT2D eigenvalue weighted by Crippen LogP contribution is -2.66. The summed E-state index contributed by atoms with van der Waals surface area (Å²) in [6, 6.07) is 5.22. The van der Waals surface area contributed by atoms with E-state index in [0.29, 0.717) is 5.52 Å². The van der Waals surface area contributed by atoms with Gasteiger partial charge in [0.25, 0.3) is 0 Å². The van der Waals surface area contributed by atoms with E-state index in [1.165, 1.54) is 32.0 Å². The van der Waals surface area contributed by atoms with Gasteiger partial charge < -0.3 is 15.0 Å². The molecule has 0 unspecified atom stereocenters. The van der Waals surface area contributed by atoms with E-state index in [1.807, 2.05) is 12.3 Å². The van der Waals surface area contributed by atoms with E-state index in [0.717, 1.165) is 37.3 Å². The Hall–Kier alpha value is -1.43. The number of likely N-dealkylation sites (tertiary alicyclic amines) is 1. The van der Waals surface area contributed by atoms with E-state index in [4.69, 9.17) is 4.74 Å². The molecule has 1 aromatic carbocycles. The van der Waals surface area contributed by atoms with Crippen molar-refractivity contribution in [1.29, 1.82) is 0 Å². The third kappa shape index (κ3) is 2.33. The number of nitrogens with zero attached hydrogens (tertiary/aromatic N) is 1. The molecule has 2 saturated heterocycles. The molecular weight excluding hydrogens is 281 g/mol. The highest BCUT2D eigenvalue weighted by Crippen LogP contribution is 2.28. The van der Waals surface area contributed by atoms with E-state index in [-0.39, 0.29) is 11.4 Å². The Bertz CT molecular complexity index is 659. The second-order valence-corrected chi connectivity index (χ2v) is 6.49. The molecule has 118 valence electrons. The molecule has 0 aliphatic carbocycles. The average molecular weight is 303 g/mol. The van der Waals surface area contributed by atoms with Crippen LogP contribution in [0.4, 0.5) is 4.39 Å². The van der Waals surface area contributed by atoms with E-state index >= 15 is 0 Å². The van der Waals surface area contributed by atoms with Gasteiger partial charge in [-0.25, -0.2) is 4.39 Å². The SMILES string of the molecule is Fc1cccc2c(CNCC3(N4CCCC4)COC3)c[nH]c12. The van der Waals surface area contributed by atoms with Crippen LogP contribution in [0.2, 0.25) is 0 Å². The first kappa shape index (κ1) is 14.2. The quantitative estimate of drug-likeness (QED) is 0.890. The second-order valence-electron chi connectivity index (χ2n) is 6.49. The van der Waals surface area contributed by atoms with Gasteiger partial charge in [0.15, 0.2) is 0 Å². The van der Waals surface area contributed by atoms with Gasteiger partial charge >= 0.3 is 0 Å². The minimum Gasteiger partial charge on any atom is -0.377 e. The summed E-state index contributed by atoms with van der Waals surface area (Å²) >= 11 is 0. The lowest BCUT2D eigenvalue weighted by molar-refractivity contribution is -0.131. The van der Waals surface area contributed by atoms with Crippen molar-refractivity contribution in [3.8, 4) is 0 Å². The van der Waals surface area contributed by atoms with Crippen molar-refractivity contribution in [2.45, 2.75) is 24.9 Å². The number of aromatic amines is 1. The molecule has 3 heterocycles. The van der Waals surface area contributed by atoms with Crippen molar-refractivity contribution < 1.29 is 9.13 Å². The van der Waals surface area contributed by atoms with Gasteiger partial charge in [0.2, 0.25) is 0 Å². The third-order valence-corrected chi connectivity index (χ3v) is 5.04. The maximum absolute atomic E-state index is 13.7. The maximum Gasteiger partial charge on any atom is 0.147 e. The van der Waals surface area contributed by atoms with Gasteiger partial charge in [-0.2, -0.15) is 0 Å². The predicted molar refractivity (Wildman–Crippen MR) is 84.3 cm³/mol. The Morgan fingerprint density at radius 2 is 2.09 bits per heavy atom. The fourth-order valence-electron chi connectivity index (χ4n) is 3.68. The highest BCUT2D eigenvalue weighted by atomic mass is 19.1. The van der Waals surface area contributed by atoms with Crippen LogP contribution in [0.25, 0.3) is 10.9 Å². The molecule has 2 aromatic rings. The highest BCUT2D eigenvalue weighted by Gasteiger charge is 2.44. The number of hydrogen-bond acceptors (Lipinski definition) is 3. The maximum atomic E-state index is 13.7. The van der Waals surface area contributed by atoms with Crippen molar-refractivity contribution in [1.82, 2.24) is 15.2 Å². The first-order chi connectivity index (χ1) is 10.8. The molecular formula is C17H22FN3O. The monoisotopic (exact) mass is 303 g/mol. The summed E-state index contributed by atoms with van der Waals surface area (Å²) in [7, 11) is 0. The van der Waals surface area contributed by atoms with E-state index in [2.05, 4.69) is 15.2 Å². The molecule has 0 spiro atoms. The highest BCUT2D eigenvalue weighted by molar-refractivity contribution is 5.83. The summed E-state index contributed by atoms with van der Waals surface area (Å²) in [6.07, 6.45) is 4.49. The van der Waals surface area contributed by atoms with Gasteiger partial charge in [-0.3, -0.25) is 4.90 Å². The van der Waals surface area contributed by atoms with Crippen molar-refractivity contribution in [3.63, 3.8) is 0 Å². The van der Waals surface area contributed by atoms with Gasteiger partial charge in [-0.1, -0.05) is 12.1 Å². The largest absolute Gasteiger partial charge is 0.377 e. The number of nitrogens with one attached hydrogen (secondary N) is 2. The lowest BCUT2D eigenvalue weighted by atomic mass is 9.95. The zero-order valence-corrected chi connectivity index (χ0v) is 12.7. The first-order valence-corrected chi connectivity index (χ1v) is 8.07. The van der Waals surface area contributed by atoms with Crippen LogP contribution in [0.15, 0.2) is 24.4 Å². The molecule has 4 nitrogen and oxygen atoms in total. The summed E-state index contributed by atoms with van der Waals surface area (Å²) in [4.78, 5) is 5.60. The smallest absolute Gasteiger partial charge is 0.147 e. The molecule has 0 amide bonds. The normalized spacial score (nSPS) is 21.3. The number of ether oxygens (including phenoxy) is 1.